The predicted octanol–water partition coefficient (Wildman–Crippen LogP) is 4.73. The van der Waals surface area contributed by atoms with Crippen LogP contribution in [0, 0.1) is 15.9 Å². The van der Waals surface area contributed by atoms with Gasteiger partial charge in [0, 0.05) is 21.6 Å². The zero-order valence-electron chi connectivity index (χ0n) is 9.98. The predicted molar refractivity (Wildman–Crippen MR) is 76.5 cm³/mol. The van der Waals surface area contributed by atoms with E-state index in [1.54, 1.807) is 6.07 Å². The summed E-state index contributed by atoms with van der Waals surface area (Å²) >= 11 is 8.95. The van der Waals surface area contributed by atoms with Crippen molar-refractivity contribution >= 4 is 33.2 Å². The van der Waals surface area contributed by atoms with Gasteiger partial charge in [0.25, 0.3) is 0 Å². The largest absolute Gasteiger partial charge is 0.482 e. The summed E-state index contributed by atoms with van der Waals surface area (Å²) in [6.07, 6.45) is 0. The van der Waals surface area contributed by atoms with Crippen LogP contribution in [0.1, 0.15) is 5.56 Å². The lowest BCUT2D eigenvalue weighted by molar-refractivity contribution is -0.385. The van der Waals surface area contributed by atoms with E-state index < -0.39 is 10.7 Å². The van der Waals surface area contributed by atoms with Crippen molar-refractivity contribution in [2.24, 2.45) is 0 Å². The van der Waals surface area contributed by atoms with Gasteiger partial charge in [0.15, 0.2) is 5.75 Å². The Kier molecular flexibility index (Phi) is 4.57. The first-order valence-electron chi connectivity index (χ1n) is 5.47. The molecule has 0 atom stereocenters. The third-order valence-corrected chi connectivity index (χ3v) is 3.13. The topological polar surface area (TPSA) is 52.4 Å². The molecule has 2 aromatic rings. The van der Waals surface area contributed by atoms with Crippen molar-refractivity contribution in [3.63, 3.8) is 0 Å². The van der Waals surface area contributed by atoms with Gasteiger partial charge in [-0.25, -0.2) is 4.39 Å². The Bertz CT molecular complexity index is 646. The molecule has 0 fully saturated rings. The van der Waals surface area contributed by atoms with Crippen molar-refractivity contribution in [2.45, 2.75) is 6.61 Å². The first-order valence-corrected chi connectivity index (χ1v) is 6.64. The van der Waals surface area contributed by atoms with Gasteiger partial charge in [-0.2, -0.15) is 0 Å². The lowest BCUT2D eigenvalue weighted by atomic mass is 10.2. The van der Waals surface area contributed by atoms with E-state index in [-0.39, 0.29) is 18.0 Å². The molecule has 4 nitrogen and oxygen atoms in total. The van der Waals surface area contributed by atoms with Crippen LogP contribution >= 0.6 is 27.5 Å². The van der Waals surface area contributed by atoms with E-state index in [1.165, 1.54) is 30.3 Å². The molecule has 20 heavy (non-hydrogen) atoms. The monoisotopic (exact) mass is 359 g/mol. The fourth-order valence-electron chi connectivity index (χ4n) is 1.61. The van der Waals surface area contributed by atoms with E-state index in [2.05, 4.69) is 15.9 Å². The first-order chi connectivity index (χ1) is 9.45. The number of ether oxygens (including phenoxy) is 1. The summed E-state index contributed by atoms with van der Waals surface area (Å²) in [5.41, 5.74) is 0.357. The minimum atomic E-state index is -0.562. The Labute approximate surface area is 127 Å². The van der Waals surface area contributed by atoms with E-state index in [0.29, 0.717) is 15.1 Å². The maximum absolute atomic E-state index is 13.2. The summed E-state index contributed by atoms with van der Waals surface area (Å²) in [6.45, 7) is -0.00244. The van der Waals surface area contributed by atoms with Gasteiger partial charge in [0.1, 0.15) is 12.4 Å². The Morgan fingerprint density at radius 2 is 2.05 bits per heavy atom. The lowest BCUT2D eigenvalue weighted by Gasteiger charge is -2.08. The van der Waals surface area contributed by atoms with Crippen LogP contribution in [-0.2, 0) is 6.61 Å². The molecule has 104 valence electrons. The van der Waals surface area contributed by atoms with E-state index in [4.69, 9.17) is 16.3 Å². The molecule has 0 heterocycles. The van der Waals surface area contributed by atoms with Gasteiger partial charge in [-0.05, 0) is 29.8 Å². The number of nitro groups is 1. The number of nitro benzene ring substituents is 1. The molecule has 0 radical (unpaired) electrons. The second-order valence-electron chi connectivity index (χ2n) is 3.94. The van der Waals surface area contributed by atoms with Crippen molar-refractivity contribution in [3.05, 3.63) is 67.4 Å². The van der Waals surface area contributed by atoms with Crippen molar-refractivity contribution in [3.8, 4) is 5.75 Å². The van der Waals surface area contributed by atoms with Gasteiger partial charge in [0.05, 0.1) is 4.92 Å². The van der Waals surface area contributed by atoms with Gasteiger partial charge < -0.3 is 4.74 Å². The SMILES string of the molecule is O=[N+]([O-])c1ccc(Cl)cc1OCc1cc(F)cc(Br)c1. The van der Waals surface area contributed by atoms with Crippen LogP contribution in [0.2, 0.25) is 5.02 Å². The molecule has 2 rings (SSSR count). The highest BCUT2D eigenvalue weighted by Crippen LogP contribution is 2.30. The molecule has 0 aliphatic heterocycles. The molecular formula is C13H8BrClFNO3. The fraction of sp³-hybridized carbons (Fsp3) is 0.0769. The van der Waals surface area contributed by atoms with Gasteiger partial charge in [-0.3, -0.25) is 10.1 Å². The Morgan fingerprint density at radius 1 is 1.30 bits per heavy atom. The average molecular weight is 361 g/mol. The number of hydrogen-bond donors (Lipinski definition) is 0. The van der Waals surface area contributed by atoms with Crippen molar-refractivity contribution in [2.75, 3.05) is 0 Å². The second kappa shape index (κ2) is 6.19. The number of nitrogens with zero attached hydrogens (tertiary/aromatic N) is 1. The molecule has 0 aromatic heterocycles. The van der Waals surface area contributed by atoms with Crippen LogP contribution in [-0.4, -0.2) is 4.92 Å². The molecular weight excluding hydrogens is 353 g/mol. The van der Waals surface area contributed by atoms with E-state index in [1.807, 2.05) is 0 Å². The minimum absolute atomic E-state index is 0.00244. The third-order valence-electron chi connectivity index (χ3n) is 2.44. The quantitative estimate of drug-likeness (QED) is 0.585. The Hall–Kier alpha value is -1.66. The van der Waals surface area contributed by atoms with Gasteiger partial charge in [-0.15, -0.1) is 0 Å². The molecule has 0 amide bonds. The molecule has 0 unspecified atom stereocenters. The first kappa shape index (κ1) is 14.7. The van der Waals surface area contributed by atoms with E-state index in [9.17, 15) is 14.5 Å². The number of halogens is 3. The summed E-state index contributed by atoms with van der Waals surface area (Å²) in [4.78, 5) is 10.3. The van der Waals surface area contributed by atoms with Crippen molar-refractivity contribution in [1.82, 2.24) is 0 Å². The zero-order valence-corrected chi connectivity index (χ0v) is 12.3. The molecule has 0 saturated heterocycles. The number of rotatable bonds is 4. The third kappa shape index (κ3) is 3.68. The van der Waals surface area contributed by atoms with Crippen LogP contribution in [0.4, 0.5) is 10.1 Å². The standard InChI is InChI=1S/C13H8BrClFNO3/c14-9-3-8(4-11(16)5-9)7-20-13-6-10(15)1-2-12(13)17(18)19/h1-6H,7H2. The zero-order chi connectivity index (χ0) is 14.7. The average Bonchev–Trinajstić information content (AvgIpc) is 2.35. The molecule has 7 heteroatoms. The summed E-state index contributed by atoms with van der Waals surface area (Å²) in [5.74, 6) is -0.374. The number of benzene rings is 2. The number of hydrogen-bond acceptors (Lipinski definition) is 3. The molecule has 0 bridgehead atoms. The Morgan fingerprint density at radius 3 is 2.70 bits per heavy atom. The highest BCUT2D eigenvalue weighted by molar-refractivity contribution is 9.10. The highest BCUT2D eigenvalue weighted by Gasteiger charge is 2.15. The fourth-order valence-corrected chi connectivity index (χ4v) is 2.28. The second-order valence-corrected chi connectivity index (χ2v) is 5.29. The smallest absolute Gasteiger partial charge is 0.311 e. The Balaban J connectivity index is 2.22. The summed E-state index contributed by atoms with van der Waals surface area (Å²) in [7, 11) is 0. The molecule has 0 N–H and O–H groups in total. The van der Waals surface area contributed by atoms with E-state index in [0.717, 1.165) is 0 Å². The molecule has 0 aliphatic rings. The molecule has 2 aromatic carbocycles. The van der Waals surface area contributed by atoms with Crippen LogP contribution in [0.15, 0.2) is 40.9 Å². The molecule has 0 saturated carbocycles. The van der Waals surface area contributed by atoms with Crippen molar-refractivity contribution in [1.29, 1.82) is 0 Å². The van der Waals surface area contributed by atoms with Crippen LogP contribution in [0.5, 0.6) is 5.75 Å². The van der Waals surface area contributed by atoms with Crippen LogP contribution < -0.4 is 4.74 Å². The van der Waals surface area contributed by atoms with E-state index >= 15 is 0 Å². The van der Waals surface area contributed by atoms with Gasteiger partial charge in [-0.1, -0.05) is 27.5 Å². The van der Waals surface area contributed by atoms with Crippen LogP contribution in [0.25, 0.3) is 0 Å². The van der Waals surface area contributed by atoms with Crippen molar-refractivity contribution < 1.29 is 14.1 Å². The summed E-state index contributed by atoms with van der Waals surface area (Å²) < 4.78 is 19.1. The maximum Gasteiger partial charge on any atom is 0.311 e. The normalized spacial score (nSPS) is 10.3. The highest BCUT2D eigenvalue weighted by atomic mass is 79.9. The van der Waals surface area contributed by atoms with Gasteiger partial charge in [0.2, 0.25) is 0 Å². The molecule has 0 aliphatic carbocycles. The summed E-state index contributed by atoms with van der Waals surface area (Å²) in [5, 5.41) is 11.2. The lowest BCUT2D eigenvalue weighted by Crippen LogP contribution is -1.99. The summed E-state index contributed by atoms with van der Waals surface area (Å²) in [6, 6.07) is 8.30. The molecule has 0 spiro atoms. The van der Waals surface area contributed by atoms with Gasteiger partial charge >= 0.3 is 5.69 Å². The van der Waals surface area contributed by atoms with Crippen LogP contribution in [0.3, 0.4) is 0 Å². The maximum atomic E-state index is 13.2. The minimum Gasteiger partial charge on any atom is -0.482 e.